The van der Waals surface area contributed by atoms with Crippen molar-refractivity contribution in [2.24, 2.45) is 10.9 Å². The number of aromatic nitrogens is 1. The number of rotatable bonds is 5. The highest BCUT2D eigenvalue weighted by Crippen LogP contribution is 2.26. The highest BCUT2D eigenvalue weighted by molar-refractivity contribution is 14.0. The van der Waals surface area contributed by atoms with Crippen LogP contribution in [0.4, 0.5) is 0 Å². The van der Waals surface area contributed by atoms with Gasteiger partial charge in [-0.2, -0.15) is 0 Å². The van der Waals surface area contributed by atoms with Gasteiger partial charge < -0.3 is 10.6 Å². The Bertz CT molecular complexity index is 473. The van der Waals surface area contributed by atoms with E-state index in [2.05, 4.69) is 43.3 Å². The lowest BCUT2D eigenvalue weighted by atomic mass is 9.84. The predicted molar refractivity (Wildman–Crippen MR) is 111 cm³/mol. The number of hydrogen-bond acceptors (Lipinski definition) is 3. The monoisotopic (exact) mass is 450 g/mol. The van der Waals surface area contributed by atoms with E-state index in [1.807, 2.05) is 0 Å². The zero-order chi connectivity index (χ0) is 15.9. The SMILES string of the molecule is CCNC(=NCc1nc(C)c(C)s1)NC1CCC(CC)CC1.I. The fourth-order valence-electron chi connectivity index (χ4n) is 2.98. The van der Waals surface area contributed by atoms with Gasteiger partial charge in [0.2, 0.25) is 0 Å². The summed E-state index contributed by atoms with van der Waals surface area (Å²) in [7, 11) is 0. The van der Waals surface area contributed by atoms with Crippen LogP contribution in [-0.2, 0) is 6.54 Å². The Morgan fingerprint density at radius 3 is 2.43 bits per heavy atom. The standard InChI is InChI=1S/C17H30N4S.HI/c1-5-14-7-9-15(10-8-14)21-17(18-6-2)19-11-16-20-12(3)13(4)22-16;/h14-15H,5-11H2,1-4H3,(H2,18,19,21);1H. The maximum Gasteiger partial charge on any atom is 0.191 e. The Morgan fingerprint density at radius 2 is 1.91 bits per heavy atom. The van der Waals surface area contributed by atoms with Gasteiger partial charge in [-0.15, -0.1) is 35.3 Å². The van der Waals surface area contributed by atoms with Crippen LogP contribution in [0.1, 0.15) is 61.5 Å². The van der Waals surface area contributed by atoms with Crippen molar-refractivity contribution in [3.63, 3.8) is 0 Å². The molecule has 1 heterocycles. The fourth-order valence-corrected chi connectivity index (χ4v) is 3.84. The van der Waals surface area contributed by atoms with E-state index in [0.717, 1.165) is 29.1 Å². The van der Waals surface area contributed by atoms with Gasteiger partial charge in [-0.05, 0) is 52.4 Å². The Labute approximate surface area is 162 Å². The topological polar surface area (TPSA) is 49.3 Å². The molecule has 0 atom stereocenters. The predicted octanol–water partition coefficient (Wildman–Crippen LogP) is 4.40. The molecular weight excluding hydrogens is 419 g/mol. The van der Waals surface area contributed by atoms with Gasteiger partial charge in [-0.1, -0.05) is 13.3 Å². The molecule has 2 rings (SSSR count). The number of halogens is 1. The van der Waals surface area contributed by atoms with Crippen LogP contribution < -0.4 is 10.6 Å². The summed E-state index contributed by atoms with van der Waals surface area (Å²) in [5.41, 5.74) is 1.13. The molecule has 0 aliphatic heterocycles. The van der Waals surface area contributed by atoms with Crippen LogP contribution >= 0.6 is 35.3 Å². The molecule has 0 saturated heterocycles. The van der Waals surface area contributed by atoms with Gasteiger partial charge in [0.15, 0.2) is 5.96 Å². The summed E-state index contributed by atoms with van der Waals surface area (Å²) < 4.78 is 0. The van der Waals surface area contributed by atoms with Crippen LogP contribution in [0.25, 0.3) is 0 Å². The van der Waals surface area contributed by atoms with E-state index in [1.54, 1.807) is 11.3 Å². The average molecular weight is 450 g/mol. The molecule has 1 aliphatic rings. The number of hydrogen-bond donors (Lipinski definition) is 2. The molecule has 0 spiro atoms. The summed E-state index contributed by atoms with van der Waals surface area (Å²) in [5.74, 6) is 1.87. The van der Waals surface area contributed by atoms with Gasteiger partial charge in [0.05, 0.1) is 12.2 Å². The quantitative estimate of drug-likeness (QED) is 0.397. The van der Waals surface area contributed by atoms with E-state index in [4.69, 9.17) is 4.99 Å². The highest BCUT2D eigenvalue weighted by Gasteiger charge is 2.20. The molecule has 0 radical (unpaired) electrons. The molecule has 1 aromatic heterocycles. The van der Waals surface area contributed by atoms with Crippen molar-refractivity contribution in [1.82, 2.24) is 15.6 Å². The maximum atomic E-state index is 4.71. The first-order chi connectivity index (χ1) is 10.6. The van der Waals surface area contributed by atoms with E-state index in [9.17, 15) is 0 Å². The first kappa shape index (κ1) is 20.7. The largest absolute Gasteiger partial charge is 0.357 e. The van der Waals surface area contributed by atoms with Gasteiger partial charge in [-0.3, -0.25) is 0 Å². The molecule has 132 valence electrons. The van der Waals surface area contributed by atoms with Crippen LogP contribution in [0.3, 0.4) is 0 Å². The molecule has 1 aromatic rings. The second-order valence-electron chi connectivity index (χ2n) is 6.21. The van der Waals surface area contributed by atoms with E-state index >= 15 is 0 Å². The van der Waals surface area contributed by atoms with Crippen LogP contribution in [-0.4, -0.2) is 23.5 Å². The normalized spacial score (nSPS) is 21.7. The van der Waals surface area contributed by atoms with Crippen molar-refractivity contribution >= 4 is 41.3 Å². The zero-order valence-corrected chi connectivity index (χ0v) is 18.0. The Morgan fingerprint density at radius 1 is 1.22 bits per heavy atom. The summed E-state index contributed by atoms with van der Waals surface area (Å²) in [6.45, 7) is 10.2. The van der Waals surface area contributed by atoms with Gasteiger partial charge in [0.25, 0.3) is 0 Å². The summed E-state index contributed by atoms with van der Waals surface area (Å²) in [6, 6.07) is 0.570. The van der Waals surface area contributed by atoms with Gasteiger partial charge in [-0.25, -0.2) is 9.98 Å². The molecule has 4 nitrogen and oxygen atoms in total. The number of nitrogens with zero attached hydrogens (tertiary/aromatic N) is 2. The van der Waals surface area contributed by atoms with E-state index in [-0.39, 0.29) is 24.0 Å². The molecule has 0 aromatic carbocycles. The van der Waals surface area contributed by atoms with Crippen LogP contribution in [0.15, 0.2) is 4.99 Å². The number of nitrogens with one attached hydrogen (secondary N) is 2. The lowest BCUT2D eigenvalue weighted by Crippen LogP contribution is -2.44. The fraction of sp³-hybridized carbons (Fsp3) is 0.765. The van der Waals surface area contributed by atoms with E-state index in [0.29, 0.717) is 12.6 Å². The number of aryl methyl sites for hydroxylation is 2. The third-order valence-corrected chi connectivity index (χ3v) is 5.61. The molecule has 0 unspecified atom stereocenters. The molecule has 0 amide bonds. The van der Waals surface area contributed by atoms with Crippen molar-refractivity contribution in [1.29, 1.82) is 0 Å². The van der Waals surface area contributed by atoms with Gasteiger partial charge >= 0.3 is 0 Å². The van der Waals surface area contributed by atoms with E-state index in [1.165, 1.54) is 37.0 Å². The second-order valence-corrected chi connectivity index (χ2v) is 7.50. The Kier molecular flexibility index (Phi) is 9.43. The lowest BCUT2D eigenvalue weighted by Gasteiger charge is -2.29. The van der Waals surface area contributed by atoms with Gasteiger partial charge in [0.1, 0.15) is 5.01 Å². The zero-order valence-electron chi connectivity index (χ0n) is 14.8. The first-order valence-corrected chi connectivity index (χ1v) is 9.41. The molecule has 23 heavy (non-hydrogen) atoms. The molecule has 1 aliphatic carbocycles. The maximum absolute atomic E-state index is 4.71. The molecule has 1 fully saturated rings. The van der Waals surface area contributed by atoms with Crippen molar-refractivity contribution in [2.45, 2.75) is 72.4 Å². The molecule has 1 saturated carbocycles. The number of guanidine groups is 1. The minimum atomic E-state index is 0. The van der Waals surface area contributed by atoms with Gasteiger partial charge in [0, 0.05) is 17.5 Å². The number of thiazole rings is 1. The Balaban J connectivity index is 0.00000264. The average Bonchev–Trinajstić information content (AvgIpc) is 2.84. The minimum absolute atomic E-state index is 0. The molecule has 6 heteroatoms. The van der Waals surface area contributed by atoms with Crippen LogP contribution in [0.5, 0.6) is 0 Å². The summed E-state index contributed by atoms with van der Waals surface area (Å²) in [6.07, 6.45) is 6.54. The Hall–Kier alpha value is -0.370. The van der Waals surface area contributed by atoms with Crippen LogP contribution in [0, 0.1) is 19.8 Å². The second kappa shape index (κ2) is 10.5. The third kappa shape index (κ3) is 6.57. The van der Waals surface area contributed by atoms with Crippen molar-refractivity contribution < 1.29 is 0 Å². The summed E-state index contributed by atoms with van der Waals surface area (Å²) in [4.78, 5) is 10.6. The van der Waals surface area contributed by atoms with Crippen molar-refractivity contribution in [3.05, 3.63) is 15.6 Å². The first-order valence-electron chi connectivity index (χ1n) is 8.60. The number of aliphatic imine (C=N–C) groups is 1. The molecule has 2 N–H and O–H groups in total. The summed E-state index contributed by atoms with van der Waals surface area (Å²) in [5, 5.41) is 8.07. The molecular formula is C17H31IN4S. The van der Waals surface area contributed by atoms with E-state index < -0.39 is 0 Å². The molecule has 0 bridgehead atoms. The minimum Gasteiger partial charge on any atom is -0.357 e. The third-order valence-electron chi connectivity index (χ3n) is 4.55. The lowest BCUT2D eigenvalue weighted by molar-refractivity contribution is 0.304. The van der Waals surface area contributed by atoms with Crippen LogP contribution in [0.2, 0.25) is 0 Å². The summed E-state index contributed by atoms with van der Waals surface area (Å²) >= 11 is 1.75. The van der Waals surface area contributed by atoms with Crippen molar-refractivity contribution in [3.8, 4) is 0 Å². The highest BCUT2D eigenvalue weighted by atomic mass is 127. The smallest absolute Gasteiger partial charge is 0.191 e. The van der Waals surface area contributed by atoms with Crippen molar-refractivity contribution in [2.75, 3.05) is 6.54 Å².